The van der Waals surface area contributed by atoms with Gasteiger partial charge in [0.1, 0.15) is 35.3 Å². The van der Waals surface area contributed by atoms with Gasteiger partial charge in [0, 0.05) is 11.3 Å². The van der Waals surface area contributed by atoms with Gasteiger partial charge in [0.25, 0.3) is 0 Å². The number of carbonyl (C=O) groups is 1. The molecule has 4 rings (SSSR count). The Morgan fingerprint density at radius 1 is 1.03 bits per heavy atom. The van der Waals surface area contributed by atoms with Gasteiger partial charge in [-0.3, -0.25) is 0 Å². The van der Waals surface area contributed by atoms with E-state index in [1.54, 1.807) is 6.92 Å². The first kappa shape index (κ1) is 19.4. The second kappa shape index (κ2) is 7.87. The summed E-state index contributed by atoms with van der Waals surface area (Å²) in [7, 11) is 1.37. The number of anilines is 1. The lowest BCUT2D eigenvalue weighted by atomic mass is 10.0. The van der Waals surface area contributed by atoms with Gasteiger partial charge in [0.15, 0.2) is 0 Å². The lowest BCUT2D eigenvalue weighted by Gasteiger charge is -2.15. The first-order valence-corrected chi connectivity index (χ1v) is 9.53. The van der Waals surface area contributed by atoms with Crippen molar-refractivity contribution in [2.75, 3.05) is 12.8 Å². The van der Waals surface area contributed by atoms with Crippen LogP contribution in [0.3, 0.4) is 0 Å². The zero-order valence-corrected chi connectivity index (χ0v) is 17.0. The molecular formula is C23H22N4O3. The second-order valence-corrected chi connectivity index (χ2v) is 6.93. The fourth-order valence-electron chi connectivity index (χ4n) is 3.69. The van der Waals surface area contributed by atoms with E-state index < -0.39 is 6.04 Å². The van der Waals surface area contributed by atoms with Crippen LogP contribution in [0.1, 0.15) is 18.7 Å². The van der Waals surface area contributed by atoms with Gasteiger partial charge in [-0.15, -0.1) is 0 Å². The van der Waals surface area contributed by atoms with Crippen molar-refractivity contribution in [3.8, 4) is 22.6 Å². The minimum Gasteiger partial charge on any atom is -0.467 e. The van der Waals surface area contributed by atoms with Crippen molar-refractivity contribution in [2.45, 2.75) is 19.9 Å². The van der Waals surface area contributed by atoms with Gasteiger partial charge in [-0.05, 0) is 43.7 Å². The number of hydrogen-bond acceptors (Lipinski definition) is 6. The summed E-state index contributed by atoms with van der Waals surface area (Å²) in [6.45, 7) is 3.71. The van der Waals surface area contributed by atoms with E-state index in [2.05, 4.69) is 9.97 Å². The van der Waals surface area contributed by atoms with Gasteiger partial charge in [0.05, 0.1) is 12.5 Å². The summed E-state index contributed by atoms with van der Waals surface area (Å²) in [5.74, 6) is 1.49. The van der Waals surface area contributed by atoms with Crippen LogP contribution in [0.2, 0.25) is 0 Å². The zero-order chi connectivity index (χ0) is 21.3. The number of ether oxygens (including phenoxy) is 2. The Hall–Kier alpha value is -3.87. The van der Waals surface area contributed by atoms with Crippen LogP contribution >= 0.6 is 0 Å². The van der Waals surface area contributed by atoms with Gasteiger partial charge in [-0.25, -0.2) is 14.8 Å². The molecule has 7 heteroatoms. The van der Waals surface area contributed by atoms with Crippen LogP contribution in [0.4, 0.5) is 5.82 Å². The minimum absolute atomic E-state index is 0.356. The molecule has 30 heavy (non-hydrogen) atoms. The molecule has 2 aromatic carbocycles. The standard InChI is InChI=1S/C23H22N4O3/c1-14-19(16-9-11-18(12-10-16)30-17-7-5-4-6-8-17)20-21(24)25-13-26-22(20)27(14)15(2)23(28)29-3/h4-13,15H,1-3H3,(H2,24,25,26). The van der Waals surface area contributed by atoms with E-state index in [9.17, 15) is 4.79 Å². The van der Waals surface area contributed by atoms with Crippen LogP contribution in [-0.2, 0) is 9.53 Å². The third-order valence-corrected chi connectivity index (χ3v) is 5.11. The lowest BCUT2D eigenvalue weighted by molar-refractivity contribution is -0.143. The second-order valence-electron chi connectivity index (χ2n) is 6.93. The molecule has 0 saturated heterocycles. The number of fused-ring (bicyclic) bond motifs is 1. The van der Waals surface area contributed by atoms with Crippen molar-refractivity contribution in [1.82, 2.24) is 14.5 Å². The lowest BCUT2D eigenvalue weighted by Crippen LogP contribution is -2.19. The quantitative estimate of drug-likeness (QED) is 0.494. The summed E-state index contributed by atoms with van der Waals surface area (Å²) in [5, 5.41) is 0.711. The molecule has 0 aliphatic heterocycles. The Balaban J connectivity index is 1.81. The van der Waals surface area contributed by atoms with Crippen molar-refractivity contribution < 1.29 is 14.3 Å². The van der Waals surface area contributed by atoms with Gasteiger partial charge >= 0.3 is 5.97 Å². The van der Waals surface area contributed by atoms with Crippen LogP contribution in [0.15, 0.2) is 60.9 Å². The van der Waals surface area contributed by atoms with Crippen LogP contribution in [0.5, 0.6) is 11.5 Å². The highest BCUT2D eigenvalue weighted by Crippen LogP contribution is 2.38. The van der Waals surface area contributed by atoms with Crippen LogP contribution < -0.4 is 10.5 Å². The molecule has 152 valence electrons. The topological polar surface area (TPSA) is 92.3 Å². The maximum atomic E-state index is 12.2. The van der Waals surface area contributed by atoms with E-state index in [1.807, 2.05) is 66.1 Å². The highest BCUT2D eigenvalue weighted by molar-refractivity contribution is 6.03. The van der Waals surface area contributed by atoms with Crippen molar-refractivity contribution in [1.29, 1.82) is 0 Å². The van der Waals surface area contributed by atoms with Gasteiger partial charge in [0.2, 0.25) is 0 Å². The summed E-state index contributed by atoms with van der Waals surface area (Å²) in [4.78, 5) is 20.8. The maximum Gasteiger partial charge on any atom is 0.328 e. The minimum atomic E-state index is -0.554. The van der Waals surface area contributed by atoms with Gasteiger partial charge < -0.3 is 19.8 Å². The predicted octanol–water partition coefficient (Wildman–Crippen LogP) is 4.52. The Kier molecular flexibility index (Phi) is 5.10. The number of para-hydroxylation sites is 1. The van der Waals surface area contributed by atoms with Crippen LogP contribution in [0.25, 0.3) is 22.2 Å². The number of nitrogens with zero attached hydrogens (tertiary/aromatic N) is 3. The highest BCUT2D eigenvalue weighted by Gasteiger charge is 2.26. The summed E-state index contributed by atoms with van der Waals surface area (Å²) in [6.07, 6.45) is 1.40. The summed E-state index contributed by atoms with van der Waals surface area (Å²) in [6, 6.07) is 16.7. The number of aromatic nitrogens is 3. The Morgan fingerprint density at radius 3 is 2.37 bits per heavy atom. The number of methoxy groups -OCH3 is 1. The molecule has 0 saturated carbocycles. The van der Waals surface area contributed by atoms with Crippen molar-refractivity contribution in [3.05, 3.63) is 66.6 Å². The Morgan fingerprint density at radius 2 is 1.70 bits per heavy atom. The molecule has 0 fully saturated rings. The number of hydrogen-bond donors (Lipinski definition) is 1. The van der Waals surface area contributed by atoms with E-state index in [1.165, 1.54) is 13.4 Å². The fourth-order valence-corrected chi connectivity index (χ4v) is 3.69. The Labute approximate surface area is 174 Å². The van der Waals surface area contributed by atoms with Crippen molar-refractivity contribution in [2.24, 2.45) is 0 Å². The molecule has 0 aliphatic rings. The average molecular weight is 402 g/mol. The number of benzene rings is 2. The average Bonchev–Trinajstić information content (AvgIpc) is 3.07. The molecule has 0 spiro atoms. The number of nitrogen functional groups attached to an aromatic ring is 1. The Bertz CT molecular complexity index is 1200. The summed E-state index contributed by atoms with van der Waals surface area (Å²) in [5.41, 5.74) is 9.47. The number of esters is 1. The summed E-state index contributed by atoms with van der Waals surface area (Å²) < 4.78 is 12.7. The van der Waals surface area contributed by atoms with E-state index in [-0.39, 0.29) is 5.97 Å². The van der Waals surface area contributed by atoms with Crippen molar-refractivity contribution >= 4 is 22.8 Å². The number of nitrogens with two attached hydrogens (primary N) is 1. The van der Waals surface area contributed by atoms with Crippen LogP contribution in [0, 0.1) is 6.92 Å². The van der Waals surface area contributed by atoms with Crippen molar-refractivity contribution in [3.63, 3.8) is 0 Å². The SMILES string of the molecule is COC(=O)C(C)n1c(C)c(-c2ccc(Oc3ccccc3)cc2)c2c(N)ncnc21. The van der Waals surface area contributed by atoms with Crippen LogP contribution in [-0.4, -0.2) is 27.6 Å². The highest BCUT2D eigenvalue weighted by atomic mass is 16.5. The monoisotopic (exact) mass is 402 g/mol. The molecule has 2 aromatic heterocycles. The molecule has 2 N–H and O–H groups in total. The number of rotatable bonds is 5. The van der Waals surface area contributed by atoms with E-state index in [0.29, 0.717) is 16.9 Å². The summed E-state index contributed by atoms with van der Waals surface area (Å²) >= 11 is 0. The van der Waals surface area contributed by atoms with Gasteiger partial charge in [-0.2, -0.15) is 0 Å². The largest absolute Gasteiger partial charge is 0.467 e. The molecule has 0 aliphatic carbocycles. The molecule has 1 atom stereocenters. The molecule has 2 heterocycles. The third-order valence-electron chi connectivity index (χ3n) is 5.11. The molecule has 1 unspecified atom stereocenters. The molecule has 4 aromatic rings. The fraction of sp³-hybridized carbons (Fsp3) is 0.174. The predicted molar refractivity (Wildman–Crippen MR) is 115 cm³/mol. The molecule has 0 radical (unpaired) electrons. The smallest absolute Gasteiger partial charge is 0.328 e. The maximum absolute atomic E-state index is 12.2. The zero-order valence-electron chi connectivity index (χ0n) is 17.0. The van der Waals surface area contributed by atoms with E-state index in [0.717, 1.165) is 28.3 Å². The molecule has 0 amide bonds. The first-order chi connectivity index (χ1) is 14.5. The molecular weight excluding hydrogens is 380 g/mol. The van der Waals surface area contributed by atoms with Gasteiger partial charge in [-0.1, -0.05) is 30.3 Å². The number of carbonyl (C=O) groups excluding carboxylic acids is 1. The van der Waals surface area contributed by atoms with E-state index >= 15 is 0 Å². The molecule has 0 bridgehead atoms. The molecule has 7 nitrogen and oxygen atoms in total. The normalized spacial score (nSPS) is 12.0. The first-order valence-electron chi connectivity index (χ1n) is 9.53. The third kappa shape index (κ3) is 3.34. The van der Waals surface area contributed by atoms with E-state index in [4.69, 9.17) is 15.2 Å².